The van der Waals surface area contributed by atoms with E-state index in [0.717, 1.165) is 10.0 Å². The van der Waals surface area contributed by atoms with Crippen LogP contribution in [0.15, 0.2) is 22.7 Å². The molecule has 1 aromatic carbocycles. The Hall–Kier alpha value is -0.540. The lowest BCUT2D eigenvalue weighted by molar-refractivity contribution is 0.0603. The Balaban J connectivity index is 3.20. The zero-order chi connectivity index (χ0) is 11.6. The highest BCUT2D eigenvalue weighted by Gasteiger charge is 2.27. The maximum absolute atomic E-state index is 10.2. The third kappa shape index (κ3) is 2.73. The van der Waals surface area contributed by atoms with Crippen LogP contribution in [0.3, 0.4) is 0 Å². The Labute approximate surface area is 99.4 Å². The minimum atomic E-state index is -0.537. The van der Waals surface area contributed by atoms with Gasteiger partial charge in [-0.05, 0) is 27.4 Å². The molecule has 0 fully saturated rings. The summed E-state index contributed by atoms with van der Waals surface area (Å²) in [5, 5.41) is 10.2. The molecule has 0 saturated heterocycles. The van der Waals surface area contributed by atoms with Crippen LogP contribution in [0, 0.1) is 5.41 Å². The second kappa shape index (κ2) is 4.54. The van der Waals surface area contributed by atoms with Crippen LogP contribution in [-0.2, 0) is 0 Å². The third-order valence-electron chi connectivity index (χ3n) is 2.32. The third-order valence-corrected chi connectivity index (χ3v) is 2.94. The quantitative estimate of drug-likeness (QED) is 0.893. The van der Waals surface area contributed by atoms with Gasteiger partial charge < -0.3 is 9.84 Å². The van der Waals surface area contributed by atoms with Crippen LogP contribution < -0.4 is 4.74 Å². The molecule has 3 heteroatoms. The number of methoxy groups -OCH3 is 1. The molecule has 0 aliphatic rings. The highest BCUT2D eigenvalue weighted by atomic mass is 79.9. The van der Waals surface area contributed by atoms with Crippen LogP contribution in [0.2, 0.25) is 0 Å². The first-order chi connectivity index (χ1) is 6.88. The van der Waals surface area contributed by atoms with Crippen molar-refractivity contribution in [2.45, 2.75) is 26.9 Å². The van der Waals surface area contributed by atoms with Crippen molar-refractivity contribution in [2.24, 2.45) is 5.41 Å². The van der Waals surface area contributed by atoms with E-state index >= 15 is 0 Å². The minimum Gasteiger partial charge on any atom is -0.495 e. The van der Waals surface area contributed by atoms with Gasteiger partial charge in [0.1, 0.15) is 5.75 Å². The number of benzene rings is 1. The van der Waals surface area contributed by atoms with Crippen molar-refractivity contribution in [1.29, 1.82) is 0 Å². The fraction of sp³-hybridized carbons (Fsp3) is 0.500. The summed E-state index contributed by atoms with van der Waals surface area (Å²) in [7, 11) is 1.61. The van der Waals surface area contributed by atoms with Crippen molar-refractivity contribution < 1.29 is 9.84 Å². The van der Waals surface area contributed by atoms with Crippen molar-refractivity contribution in [2.75, 3.05) is 7.11 Å². The van der Waals surface area contributed by atoms with Crippen molar-refractivity contribution in [1.82, 2.24) is 0 Å². The van der Waals surface area contributed by atoms with Crippen molar-refractivity contribution in [3.8, 4) is 5.75 Å². The van der Waals surface area contributed by atoms with Gasteiger partial charge in [-0.3, -0.25) is 0 Å². The Kier molecular flexibility index (Phi) is 3.79. The lowest BCUT2D eigenvalue weighted by atomic mass is 9.84. The molecule has 0 bridgehead atoms. The molecule has 0 unspecified atom stereocenters. The Morgan fingerprint density at radius 2 is 1.93 bits per heavy atom. The highest BCUT2D eigenvalue weighted by Crippen LogP contribution is 2.40. The van der Waals surface area contributed by atoms with Crippen LogP contribution in [0.4, 0.5) is 0 Å². The molecule has 0 amide bonds. The molecule has 2 nitrogen and oxygen atoms in total. The SMILES string of the molecule is COc1c(Br)cccc1[C@@H](O)C(C)(C)C. The van der Waals surface area contributed by atoms with Crippen LogP contribution in [-0.4, -0.2) is 12.2 Å². The van der Waals surface area contributed by atoms with Crippen molar-refractivity contribution >= 4 is 15.9 Å². The highest BCUT2D eigenvalue weighted by molar-refractivity contribution is 9.10. The first kappa shape index (κ1) is 12.5. The second-order valence-electron chi connectivity index (χ2n) is 4.63. The fourth-order valence-electron chi connectivity index (χ4n) is 1.42. The van der Waals surface area contributed by atoms with E-state index in [-0.39, 0.29) is 5.41 Å². The van der Waals surface area contributed by atoms with Crippen LogP contribution in [0.5, 0.6) is 5.75 Å². The summed E-state index contributed by atoms with van der Waals surface area (Å²) in [6, 6.07) is 5.69. The summed E-state index contributed by atoms with van der Waals surface area (Å²) in [6.07, 6.45) is -0.537. The number of hydrogen-bond donors (Lipinski definition) is 1. The van der Waals surface area contributed by atoms with E-state index in [0.29, 0.717) is 5.75 Å². The molecular formula is C12H17BrO2. The van der Waals surface area contributed by atoms with E-state index in [9.17, 15) is 5.11 Å². The normalized spacial score (nSPS) is 13.7. The minimum absolute atomic E-state index is 0.200. The standard InChI is InChI=1S/C12H17BrO2/c1-12(2,3)11(14)8-6-5-7-9(13)10(8)15-4/h5-7,11,14H,1-4H3/t11-/m1/s1. The maximum atomic E-state index is 10.2. The molecule has 1 aromatic rings. The summed E-state index contributed by atoms with van der Waals surface area (Å²) in [5.41, 5.74) is 0.619. The lowest BCUT2D eigenvalue weighted by Crippen LogP contribution is -2.18. The molecule has 0 aromatic heterocycles. The van der Waals surface area contributed by atoms with Gasteiger partial charge >= 0.3 is 0 Å². The van der Waals surface area contributed by atoms with Crippen LogP contribution in [0.1, 0.15) is 32.4 Å². The molecule has 0 aliphatic carbocycles. The van der Waals surface area contributed by atoms with Gasteiger partial charge in [-0.25, -0.2) is 0 Å². The number of aliphatic hydroxyl groups excluding tert-OH is 1. The zero-order valence-corrected chi connectivity index (χ0v) is 11.1. The van der Waals surface area contributed by atoms with E-state index in [1.54, 1.807) is 7.11 Å². The van der Waals surface area contributed by atoms with Gasteiger partial charge in [-0.15, -0.1) is 0 Å². The monoisotopic (exact) mass is 272 g/mol. The molecule has 15 heavy (non-hydrogen) atoms. The number of halogens is 1. The zero-order valence-electron chi connectivity index (χ0n) is 9.54. The van der Waals surface area contributed by atoms with Gasteiger partial charge in [0.2, 0.25) is 0 Å². The van der Waals surface area contributed by atoms with E-state index in [2.05, 4.69) is 15.9 Å². The molecule has 0 radical (unpaired) electrons. The summed E-state index contributed by atoms with van der Waals surface area (Å²) in [6.45, 7) is 5.99. The number of rotatable bonds is 2. The molecule has 0 heterocycles. The van der Waals surface area contributed by atoms with Gasteiger partial charge in [-0.2, -0.15) is 0 Å². The Bertz CT molecular complexity index is 342. The second-order valence-corrected chi connectivity index (χ2v) is 5.49. The average molecular weight is 273 g/mol. The van der Waals surface area contributed by atoms with Gasteiger partial charge in [0, 0.05) is 5.56 Å². The number of hydrogen-bond acceptors (Lipinski definition) is 2. The lowest BCUT2D eigenvalue weighted by Gasteiger charge is -2.27. The van der Waals surface area contributed by atoms with Gasteiger partial charge in [-0.1, -0.05) is 32.9 Å². The molecular weight excluding hydrogens is 256 g/mol. The summed E-state index contributed by atoms with van der Waals surface area (Å²) in [4.78, 5) is 0. The van der Waals surface area contributed by atoms with E-state index in [1.807, 2.05) is 39.0 Å². The molecule has 1 rings (SSSR count). The number of para-hydroxylation sites is 1. The summed E-state index contributed by atoms with van der Waals surface area (Å²) < 4.78 is 6.15. The predicted molar refractivity (Wildman–Crippen MR) is 65.1 cm³/mol. The predicted octanol–water partition coefficient (Wildman–Crippen LogP) is 3.54. The molecule has 0 aliphatic heterocycles. The van der Waals surface area contributed by atoms with Crippen LogP contribution in [0.25, 0.3) is 0 Å². The number of ether oxygens (including phenoxy) is 1. The van der Waals surface area contributed by atoms with E-state index in [4.69, 9.17) is 4.74 Å². The van der Waals surface area contributed by atoms with Crippen molar-refractivity contribution in [3.63, 3.8) is 0 Å². The first-order valence-electron chi connectivity index (χ1n) is 4.88. The Morgan fingerprint density at radius 3 is 2.40 bits per heavy atom. The van der Waals surface area contributed by atoms with Gasteiger partial charge in [0.25, 0.3) is 0 Å². The maximum Gasteiger partial charge on any atom is 0.138 e. The summed E-state index contributed by atoms with van der Waals surface area (Å²) >= 11 is 3.41. The van der Waals surface area contributed by atoms with Gasteiger partial charge in [0.15, 0.2) is 0 Å². The number of aliphatic hydroxyl groups is 1. The molecule has 0 spiro atoms. The summed E-state index contributed by atoms with van der Waals surface area (Å²) in [5.74, 6) is 0.708. The average Bonchev–Trinajstić information content (AvgIpc) is 2.14. The fourth-order valence-corrected chi connectivity index (χ4v) is 1.97. The van der Waals surface area contributed by atoms with E-state index in [1.165, 1.54) is 0 Å². The first-order valence-corrected chi connectivity index (χ1v) is 5.67. The molecule has 1 atom stereocenters. The molecule has 0 saturated carbocycles. The Morgan fingerprint density at radius 1 is 1.33 bits per heavy atom. The topological polar surface area (TPSA) is 29.5 Å². The van der Waals surface area contributed by atoms with Crippen molar-refractivity contribution in [3.05, 3.63) is 28.2 Å². The van der Waals surface area contributed by atoms with E-state index < -0.39 is 6.10 Å². The van der Waals surface area contributed by atoms with Crippen LogP contribution >= 0.6 is 15.9 Å². The van der Waals surface area contributed by atoms with Gasteiger partial charge in [0.05, 0.1) is 17.7 Å². The largest absolute Gasteiger partial charge is 0.495 e. The smallest absolute Gasteiger partial charge is 0.138 e. The molecule has 1 N–H and O–H groups in total. The molecule has 84 valence electrons.